The van der Waals surface area contributed by atoms with E-state index in [2.05, 4.69) is 5.32 Å². The third kappa shape index (κ3) is 2.09. The largest absolute Gasteiger partial charge is 0.314 e. The summed E-state index contributed by atoms with van der Waals surface area (Å²) in [5.74, 6) is 1.04. The van der Waals surface area contributed by atoms with Gasteiger partial charge in [0.2, 0.25) is 0 Å². The molecule has 0 aromatic heterocycles. The van der Waals surface area contributed by atoms with E-state index in [1.54, 1.807) is 0 Å². The maximum atomic E-state index is 3.62. The van der Waals surface area contributed by atoms with Crippen molar-refractivity contribution in [3.8, 4) is 0 Å². The van der Waals surface area contributed by atoms with Crippen LogP contribution in [0.25, 0.3) is 0 Å². The first-order valence-corrected chi connectivity index (χ1v) is 4.70. The highest BCUT2D eigenvalue weighted by atomic mass is 35.5. The maximum absolute atomic E-state index is 3.62. The first-order chi connectivity index (χ1) is 4.97. The fourth-order valence-electron chi connectivity index (χ4n) is 2.47. The van der Waals surface area contributed by atoms with E-state index in [0.717, 1.165) is 12.0 Å². The second-order valence-corrected chi connectivity index (χ2v) is 3.75. The van der Waals surface area contributed by atoms with Crippen LogP contribution in [-0.4, -0.2) is 12.6 Å². The molecule has 1 aliphatic carbocycles. The molecule has 2 aliphatic rings. The molecule has 0 radical (unpaired) electrons. The van der Waals surface area contributed by atoms with E-state index in [-0.39, 0.29) is 12.4 Å². The highest BCUT2D eigenvalue weighted by Crippen LogP contribution is 2.29. The Morgan fingerprint density at radius 2 is 1.64 bits per heavy atom. The Morgan fingerprint density at radius 3 is 2.45 bits per heavy atom. The Hall–Kier alpha value is 0.250. The van der Waals surface area contributed by atoms with Crippen LogP contribution >= 0.6 is 12.4 Å². The molecule has 0 aromatic rings. The summed E-state index contributed by atoms with van der Waals surface area (Å²) in [5, 5.41) is 3.62. The normalized spacial score (nSPS) is 37.1. The third-order valence-electron chi connectivity index (χ3n) is 3.07. The Balaban J connectivity index is 0.000000605. The van der Waals surface area contributed by atoms with E-state index in [1.165, 1.54) is 45.1 Å². The number of hydrogen-bond donors (Lipinski definition) is 1. The summed E-state index contributed by atoms with van der Waals surface area (Å²) in [5.41, 5.74) is 0. The second kappa shape index (κ2) is 4.32. The molecule has 2 atom stereocenters. The minimum absolute atomic E-state index is 0. The van der Waals surface area contributed by atoms with E-state index in [0.29, 0.717) is 0 Å². The summed E-state index contributed by atoms with van der Waals surface area (Å²) >= 11 is 0. The van der Waals surface area contributed by atoms with E-state index in [9.17, 15) is 0 Å². The van der Waals surface area contributed by atoms with E-state index >= 15 is 0 Å². The summed E-state index contributed by atoms with van der Waals surface area (Å²) in [6.07, 6.45) is 8.82. The van der Waals surface area contributed by atoms with Gasteiger partial charge in [-0.25, -0.2) is 0 Å². The van der Waals surface area contributed by atoms with Crippen molar-refractivity contribution < 1.29 is 0 Å². The molecule has 1 saturated heterocycles. The molecule has 2 rings (SSSR count). The van der Waals surface area contributed by atoms with Crippen LogP contribution in [-0.2, 0) is 0 Å². The van der Waals surface area contributed by atoms with Crippen LogP contribution < -0.4 is 5.32 Å². The molecule has 2 fully saturated rings. The van der Waals surface area contributed by atoms with Gasteiger partial charge in [-0.1, -0.05) is 12.8 Å². The van der Waals surface area contributed by atoms with Crippen LogP contribution in [0, 0.1) is 5.92 Å². The number of piperidine rings is 1. The third-order valence-corrected chi connectivity index (χ3v) is 3.07. The quantitative estimate of drug-likeness (QED) is 0.596. The first kappa shape index (κ1) is 9.34. The Morgan fingerprint density at radius 1 is 0.909 bits per heavy atom. The molecule has 11 heavy (non-hydrogen) atoms. The molecule has 0 spiro atoms. The maximum Gasteiger partial charge on any atom is 0.00953 e. The summed E-state index contributed by atoms with van der Waals surface area (Å²) in [6, 6.07) is 0.905. The molecule has 0 amide bonds. The van der Waals surface area contributed by atoms with Gasteiger partial charge in [0.05, 0.1) is 0 Å². The minimum atomic E-state index is 0. The molecule has 1 aliphatic heterocycles. The molecule has 1 heterocycles. The first-order valence-electron chi connectivity index (χ1n) is 4.70. The van der Waals surface area contributed by atoms with Crippen molar-refractivity contribution in [2.75, 3.05) is 6.54 Å². The standard InChI is InChI=1S/C9H17N.ClH/c1-2-6-9-8(4-1)5-3-7-10-9;/h8-10H,1-7H2;1H/t8-,9+;/m0./s1. The van der Waals surface area contributed by atoms with Crippen molar-refractivity contribution >= 4 is 12.4 Å². The SMILES string of the molecule is C1CC[C@H]2NCCC[C@@H]2C1.Cl. The highest BCUT2D eigenvalue weighted by molar-refractivity contribution is 5.85. The molecular weight excluding hydrogens is 158 g/mol. The van der Waals surface area contributed by atoms with Crippen molar-refractivity contribution in [2.45, 2.75) is 44.6 Å². The number of rotatable bonds is 0. The number of halogens is 1. The zero-order valence-corrected chi connectivity index (χ0v) is 7.83. The van der Waals surface area contributed by atoms with Gasteiger partial charge in [-0.15, -0.1) is 12.4 Å². The predicted octanol–water partition coefficient (Wildman–Crippen LogP) is 2.35. The monoisotopic (exact) mass is 175 g/mol. The van der Waals surface area contributed by atoms with Crippen molar-refractivity contribution in [1.29, 1.82) is 0 Å². The van der Waals surface area contributed by atoms with Crippen LogP contribution in [0.4, 0.5) is 0 Å². The van der Waals surface area contributed by atoms with Crippen molar-refractivity contribution in [3.63, 3.8) is 0 Å². The van der Waals surface area contributed by atoms with Gasteiger partial charge < -0.3 is 5.32 Å². The average molecular weight is 176 g/mol. The second-order valence-electron chi connectivity index (χ2n) is 3.75. The number of hydrogen-bond acceptors (Lipinski definition) is 1. The van der Waals surface area contributed by atoms with Gasteiger partial charge >= 0.3 is 0 Å². The Labute approximate surface area is 75.4 Å². The van der Waals surface area contributed by atoms with E-state index in [1.807, 2.05) is 0 Å². The van der Waals surface area contributed by atoms with E-state index in [4.69, 9.17) is 0 Å². The lowest BCUT2D eigenvalue weighted by Crippen LogP contribution is -2.42. The topological polar surface area (TPSA) is 12.0 Å². The van der Waals surface area contributed by atoms with E-state index < -0.39 is 0 Å². The van der Waals surface area contributed by atoms with Gasteiger partial charge in [-0.3, -0.25) is 0 Å². The van der Waals surface area contributed by atoms with Gasteiger partial charge in [-0.05, 0) is 38.1 Å². The van der Waals surface area contributed by atoms with Gasteiger partial charge in [0.25, 0.3) is 0 Å². The lowest BCUT2D eigenvalue weighted by atomic mass is 9.80. The lowest BCUT2D eigenvalue weighted by molar-refractivity contribution is 0.212. The summed E-state index contributed by atoms with van der Waals surface area (Å²) in [6.45, 7) is 1.28. The average Bonchev–Trinajstić information content (AvgIpc) is 2.05. The van der Waals surface area contributed by atoms with Crippen LogP contribution in [0.5, 0.6) is 0 Å². The smallest absolute Gasteiger partial charge is 0.00953 e. The van der Waals surface area contributed by atoms with Gasteiger partial charge in [0.1, 0.15) is 0 Å². The highest BCUT2D eigenvalue weighted by Gasteiger charge is 2.26. The zero-order chi connectivity index (χ0) is 6.81. The molecule has 2 heteroatoms. The van der Waals surface area contributed by atoms with Crippen molar-refractivity contribution in [2.24, 2.45) is 5.92 Å². The number of fused-ring (bicyclic) bond motifs is 1. The minimum Gasteiger partial charge on any atom is -0.314 e. The van der Waals surface area contributed by atoms with Crippen LogP contribution in [0.15, 0.2) is 0 Å². The summed E-state index contributed by atoms with van der Waals surface area (Å²) < 4.78 is 0. The molecule has 0 unspecified atom stereocenters. The van der Waals surface area contributed by atoms with Gasteiger partial charge in [0, 0.05) is 6.04 Å². The molecule has 66 valence electrons. The lowest BCUT2D eigenvalue weighted by Gasteiger charge is -2.36. The van der Waals surface area contributed by atoms with Crippen LogP contribution in [0.3, 0.4) is 0 Å². The molecule has 0 bridgehead atoms. The molecule has 1 N–H and O–H groups in total. The van der Waals surface area contributed by atoms with Crippen molar-refractivity contribution in [1.82, 2.24) is 5.32 Å². The van der Waals surface area contributed by atoms with Crippen LogP contribution in [0.2, 0.25) is 0 Å². The summed E-state index contributed by atoms with van der Waals surface area (Å²) in [4.78, 5) is 0. The fraction of sp³-hybridized carbons (Fsp3) is 1.00. The zero-order valence-electron chi connectivity index (χ0n) is 7.01. The fourth-order valence-corrected chi connectivity index (χ4v) is 2.47. The predicted molar refractivity (Wildman–Crippen MR) is 50.2 cm³/mol. The number of nitrogens with one attached hydrogen (secondary N) is 1. The van der Waals surface area contributed by atoms with Gasteiger partial charge in [-0.2, -0.15) is 0 Å². The Kier molecular flexibility index (Phi) is 3.67. The summed E-state index contributed by atoms with van der Waals surface area (Å²) in [7, 11) is 0. The molecule has 0 aromatic carbocycles. The molecule has 1 saturated carbocycles. The molecule has 1 nitrogen and oxygen atoms in total. The molecular formula is C9H18ClN. The van der Waals surface area contributed by atoms with Gasteiger partial charge in [0.15, 0.2) is 0 Å². The Bertz CT molecular complexity index is 90.1. The van der Waals surface area contributed by atoms with Crippen LogP contribution in [0.1, 0.15) is 38.5 Å². The van der Waals surface area contributed by atoms with Crippen molar-refractivity contribution in [3.05, 3.63) is 0 Å².